The Labute approximate surface area is 110 Å². The van der Waals surface area contributed by atoms with Gasteiger partial charge in [0.05, 0.1) is 11.7 Å². The maximum absolute atomic E-state index is 13.8. The smallest absolute Gasteiger partial charge is 0.254 e. The van der Waals surface area contributed by atoms with Crippen molar-refractivity contribution in [3.8, 4) is 0 Å². The molecule has 0 aliphatic heterocycles. The summed E-state index contributed by atoms with van der Waals surface area (Å²) in [5.74, 6) is 3.76. The van der Waals surface area contributed by atoms with Crippen LogP contribution in [0.1, 0.15) is 30.1 Å². The third kappa shape index (κ3) is 2.99. The summed E-state index contributed by atoms with van der Waals surface area (Å²) in [6.07, 6.45) is 3.04. The van der Waals surface area contributed by atoms with E-state index in [1.165, 1.54) is 12.3 Å². The van der Waals surface area contributed by atoms with Gasteiger partial charge in [0.2, 0.25) is 0 Å². The van der Waals surface area contributed by atoms with E-state index in [0.717, 1.165) is 12.8 Å². The van der Waals surface area contributed by atoms with Gasteiger partial charge in [-0.25, -0.2) is 15.2 Å². The number of nitrogens with two attached hydrogens (primary N) is 1. The standard InChI is InChI=1S/C12H17FN4O2/c1-2-19-8-5-7(6-8)16-12(18)9-3-4-15-11(17-14)10(9)13/h3-4,7-8H,2,5-6,14H2,1H3,(H,15,17)(H,16,18). The van der Waals surface area contributed by atoms with Crippen LogP contribution < -0.4 is 16.6 Å². The molecule has 0 saturated heterocycles. The summed E-state index contributed by atoms with van der Waals surface area (Å²) in [7, 11) is 0. The molecule has 19 heavy (non-hydrogen) atoms. The van der Waals surface area contributed by atoms with E-state index in [-0.39, 0.29) is 23.5 Å². The summed E-state index contributed by atoms with van der Waals surface area (Å²) in [5, 5.41) is 2.76. The highest BCUT2D eigenvalue weighted by Crippen LogP contribution is 2.24. The first-order valence-electron chi connectivity index (χ1n) is 6.19. The highest BCUT2D eigenvalue weighted by molar-refractivity contribution is 5.95. The van der Waals surface area contributed by atoms with Gasteiger partial charge in [0.15, 0.2) is 11.6 Å². The second-order valence-electron chi connectivity index (χ2n) is 4.38. The molecule has 0 bridgehead atoms. The van der Waals surface area contributed by atoms with Crippen LogP contribution in [0.25, 0.3) is 0 Å². The Balaban J connectivity index is 1.94. The van der Waals surface area contributed by atoms with Gasteiger partial charge in [-0.2, -0.15) is 0 Å². The highest BCUT2D eigenvalue weighted by atomic mass is 19.1. The minimum Gasteiger partial charge on any atom is -0.378 e. The van der Waals surface area contributed by atoms with Gasteiger partial charge in [-0.1, -0.05) is 0 Å². The van der Waals surface area contributed by atoms with Crippen LogP contribution in [0.4, 0.5) is 10.2 Å². The Morgan fingerprint density at radius 2 is 2.37 bits per heavy atom. The van der Waals surface area contributed by atoms with Crippen LogP contribution in [-0.4, -0.2) is 29.6 Å². The number of pyridine rings is 1. The number of hydrogen-bond donors (Lipinski definition) is 3. The molecule has 1 aliphatic carbocycles. The van der Waals surface area contributed by atoms with Crippen LogP contribution in [0, 0.1) is 5.82 Å². The Morgan fingerprint density at radius 1 is 1.63 bits per heavy atom. The molecule has 1 aromatic rings. The number of nitrogens with zero attached hydrogens (tertiary/aromatic N) is 1. The zero-order valence-corrected chi connectivity index (χ0v) is 10.6. The van der Waals surface area contributed by atoms with Crippen molar-refractivity contribution in [2.45, 2.75) is 31.9 Å². The van der Waals surface area contributed by atoms with Crippen molar-refractivity contribution in [2.75, 3.05) is 12.0 Å². The van der Waals surface area contributed by atoms with Crippen molar-refractivity contribution < 1.29 is 13.9 Å². The van der Waals surface area contributed by atoms with Gasteiger partial charge in [-0.3, -0.25) is 4.79 Å². The zero-order chi connectivity index (χ0) is 13.8. The molecule has 0 radical (unpaired) electrons. The Bertz CT molecular complexity index is 463. The van der Waals surface area contributed by atoms with Crippen molar-refractivity contribution in [2.24, 2.45) is 5.84 Å². The van der Waals surface area contributed by atoms with Crippen molar-refractivity contribution in [1.82, 2.24) is 10.3 Å². The number of amides is 1. The van der Waals surface area contributed by atoms with Gasteiger partial charge >= 0.3 is 0 Å². The first-order chi connectivity index (χ1) is 9.15. The predicted octanol–water partition coefficient (Wildman–Crippen LogP) is 0.804. The maximum atomic E-state index is 13.8. The number of aromatic nitrogens is 1. The first kappa shape index (κ1) is 13.7. The topological polar surface area (TPSA) is 89.3 Å². The van der Waals surface area contributed by atoms with E-state index in [2.05, 4.69) is 15.7 Å². The predicted molar refractivity (Wildman–Crippen MR) is 67.9 cm³/mol. The fourth-order valence-corrected chi connectivity index (χ4v) is 2.04. The van der Waals surface area contributed by atoms with Crippen molar-refractivity contribution in [3.63, 3.8) is 0 Å². The summed E-state index contributed by atoms with van der Waals surface area (Å²) in [5.41, 5.74) is 2.04. The monoisotopic (exact) mass is 268 g/mol. The van der Waals surface area contributed by atoms with E-state index in [1.807, 2.05) is 6.92 Å². The van der Waals surface area contributed by atoms with Gasteiger partial charge in [0.1, 0.15) is 0 Å². The lowest BCUT2D eigenvalue weighted by atomic mass is 9.89. The van der Waals surface area contributed by atoms with E-state index < -0.39 is 11.7 Å². The van der Waals surface area contributed by atoms with E-state index in [1.54, 1.807) is 0 Å². The fraction of sp³-hybridized carbons (Fsp3) is 0.500. The number of anilines is 1. The summed E-state index contributed by atoms with van der Waals surface area (Å²) >= 11 is 0. The number of hydrazine groups is 1. The number of halogens is 1. The van der Waals surface area contributed by atoms with Crippen molar-refractivity contribution in [1.29, 1.82) is 0 Å². The number of nitrogens with one attached hydrogen (secondary N) is 2. The van der Waals surface area contributed by atoms with Crippen LogP contribution in [0.3, 0.4) is 0 Å². The lowest BCUT2D eigenvalue weighted by molar-refractivity contribution is -0.00865. The molecule has 1 amide bonds. The van der Waals surface area contributed by atoms with E-state index in [4.69, 9.17) is 10.6 Å². The molecule has 7 heteroatoms. The van der Waals surface area contributed by atoms with Crippen molar-refractivity contribution in [3.05, 3.63) is 23.6 Å². The molecule has 0 atom stereocenters. The molecule has 2 rings (SSSR count). The molecular formula is C12H17FN4O2. The Morgan fingerprint density at radius 3 is 3.00 bits per heavy atom. The number of rotatable bonds is 5. The molecule has 0 unspecified atom stereocenters. The largest absolute Gasteiger partial charge is 0.378 e. The van der Waals surface area contributed by atoms with Gasteiger partial charge in [0, 0.05) is 18.8 Å². The van der Waals surface area contributed by atoms with Crippen LogP contribution in [0.2, 0.25) is 0 Å². The average Bonchev–Trinajstić information content (AvgIpc) is 2.36. The van der Waals surface area contributed by atoms with E-state index in [9.17, 15) is 9.18 Å². The van der Waals surface area contributed by atoms with Crippen LogP contribution in [0.5, 0.6) is 0 Å². The summed E-state index contributed by atoms with van der Waals surface area (Å²) in [6, 6.07) is 1.36. The van der Waals surface area contributed by atoms with Gasteiger partial charge in [0.25, 0.3) is 5.91 Å². The molecule has 6 nitrogen and oxygen atoms in total. The minimum absolute atomic E-state index is 0.0332. The molecule has 1 aliphatic rings. The lowest BCUT2D eigenvalue weighted by Gasteiger charge is -2.35. The second kappa shape index (κ2) is 5.94. The minimum atomic E-state index is -0.747. The highest BCUT2D eigenvalue weighted by Gasteiger charge is 2.31. The number of hydrogen-bond acceptors (Lipinski definition) is 5. The summed E-state index contributed by atoms with van der Waals surface area (Å²) < 4.78 is 19.2. The number of carbonyl (C=O) groups is 1. The molecule has 1 aromatic heterocycles. The normalized spacial score (nSPS) is 21.6. The number of ether oxygens (including phenoxy) is 1. The molecule has 104 valence electrons. The molecule has 4 N–H and O–H groups in total. The Kier molecular flexibility index (Phi) is 4.28. The van der Waals surface area contributed by atoms with Gasteiger partial charge in [-0.05, 0) is 25.8 Å². The summed E-state index contributed by atoms with van der Waals surface area (Å²) in [4.78, 5) is 15.6. The third-order valence-electron chi connectivity index (χ3n) is 3.10. The fourth-order valence-electron chi connectivity index (χ4n) is 2.04. The third-order valence-corrected chi connectivity index (χ3v) is 3.10. The SMILES string of the molecule is CCOC1CC(NC(=O)c2ccnc(NN)c2F)C1. The first-order valence-corrected chi connectivity index (χ1v) is 6.19. The lowest BCUT2D eigenvalue weighted by Crippen LogP contribution is -2.48. The second-order valence-corrected chi connectivity index (χ2v) is 4.38. The van der Waals surface area contributed by atoms with Crippen LogP contribution in [0.15, 0.2) is 12.3 Å². The zero-order valence-electron chi connectivity index (χ0n) is 10.6. The molecule has 1 fully saturated rings. The molecule has 1 saturated carbocycles. The molecule has 0 aromatic carbocycles. The molecular weight excluding hydrogens is 251 g/mol. The van der Waals surface area contributed by atoms with Gasteiger partial charge < -0.3 is 15.5 Å². The number of carbonyl (C=O) groups excluding carboxylic acids is 1. The van der Waals surface area contributed by atoms with Crippen molar-refractivity contribution >= 4 is 11.7 Å². The number of nitrogen functional groups attached to an aromatic ring is 1. The molecule has 1 heterocycles. The van der Waals surface area contributed by atoms with Gasteiger partial charge in [-0.15, -0.1) is 0 Å². The quantitative estimate of drug-likeness (QED) is 0.543. The maximum Gasteiger partial charge on any atom is 0.254 e. The van der Waals surface area contributed by atoms with Crippen LogP contribution >= 0.6 is 0 Å². The van der Waals surface area contributed by atoms with Crippen LogP contribution in [-0.2, 0) is 4.74 Å². The molecule has 0 spiro atoms. The van der Waals surface area contributed by atoms with E-state index in [0.29, 0.717) is 6.61 Å². The summed E-state index contributed by atoms with van der Waals surface area (Å²) in [6.45, 7) is 2.59. The average molecular weight is 268 g/mol. The van der Waals surface area contributed by atoms with E-state index >= 15 is 0 Å². The Hall–Kier alpha value is -1.73.